The number of nitrogens with one attached hydrogen (secondary N) is 1. The van der Waals surface area contributed by atoms with E-state index in [0.717, 1.165) is 16.7 Å². The summed E-state index contributed by atoms with van der Waals surface area (Å²) in [4.78, 5) is 17.6. The number of hydroxylamine groups is 2. The summed E-state index contributed by atoms with van der Waals surface area (Å²) in [5.74, 6) is -0.0337. The van der Waals surface area contributed by atoms with Gasteiger partial charge < -0.3 is 15.3 Å². The van der Waals surface area contributed by atoms with Gasteiger partial charge in [0.25, 0.3) is 0 Å². The fraction of sp³-hybridized carbons (Fsp3) is 0.588. The number of amides is 1. The number of aryl methyl sites for hydroxylation is 2. The minimum atomic E-state index is -0.524. The van der Waals surface area contributed by atoms with Crippen LogP contribution in [0.25, 0.3) is 0 Å². The molecule has 0 saturated carbocycles. The van der Waals surface area contributed by atoms with Crippen LogP contribution in [0.1, 0.15) is 29.5 Å². The molecule has 1 aromatic rings. The van der Waals surface area contributed by atoms with Crippen LogP contribution in [0.2, 0.25) is 0 Å². The summed E-state index contributed by atoms with van der Waals surface area (Å²) in [5.41, 5.74) is 2.79. The van der Waals surface area contributed by atoms with E-state index in [9.17, 15) is 9.90 Å². The standard InChI is InChI=1S/C17H26N2O3/c1-13-4-5-14(2)15(10-13)11-16(21)18-17(12-20)6-8-19(22-3)9-7-17/h4-5,10,20H,6-9,11-12H2,1-3H3,(H,18,21). The van der Waals surface area contributed by atoms with Crippen LogP contribution in [0.5, 0.6) is 0 Å². The molecule has 5 heteroatoms. The van der Waals surface area contributed by atoms with E-state index in [4.69, 9.17) is 4.84 Å². The summed E-state index contributed by atoms with van der Waals surface area (Å²) in [6.45, 7) is 5.42. The molecule has 1 heterocycles. The van der Waals surface area contributed by atoms with Gasteiger partial charge in [-0.15, -0.1) is 0 Å². The number of carbonyl (C=O) groups excluding carboxylic acids is 1. The Balaban J connectivity index is 1.99. The van der Waals surface area contributed by atoms with Gasteiger partial charge in [-0.3, -0.25) is 4.79 Å². The number of hydrogen-bond acceptors (Lipinski definition) is 4. The van der Waals surface area contributed by atoms with Crippen molar-refractivity contribution in [2.75, 3.05) is 26.8 Å². The monoisotopic (exact) mass is 306 g/mol. The van der Waals surface area contributed by atoms with Gasteiger partial charge in [0.2, 0.25) is 5.91 Å². The highest BCUT2D eigenvalue weighted by Gasteiger charge is 2.35. The quantitative estimate of drug-likeness (QED) is 0.862. The van der Waals surface area contributed by atoms with Crippen LogP contribution in [-0.2, 0) is 16.1 Å². The molecule has 0 spiro atoms. The van der Waals surface area contributed by atoms with E-state index in [1.54, 1.807) is 7.11 Å². The van der Waals surface area contributed by atoms with E-state index in [0.29, 0.717) is 32.4 Å². The van der Waals surface area contributed by atoms with Crippen molar-refractivity contribution in [3.8, 4) is 0 Å². The molecule has 1 aliphatic rings. The first-order valence-electron chi connectivity index (χ1n) is 7.75. The minimum absolute atomic E-state index is 0.0337. The number of rotatable bonds is 5. The molecule has 1 amide bonds. The fourth-order valence-electron chi connectivity index (χ4n) is 2.92. The fourth-order valence-corrected chi connectivity index (χ4v) is 2.92. The molecule has 0 bridgehead atoms. The number of nitrogens with zero attached hydrogens (tertiary/aromatic N) is 1. The Morgan fingerprint density at radius 2 is 2.05 bits per heavy atom. The number of carbonyl (C=O) groups is 1. The summed E-state index contributed by atoms with van der Waals surface area (Å²) < 4.78 is 0. The third kappa shape index (κ3) is 4.06. The van der Waals surface area contributed by atoms with Gasteiger partial charge in [0.1, 0.15) is 0 Å². The van der Waals surface area contributed by atoms with Gasteiger partial charge in [0, 0.05) is 13.1 Å². The summed E-state index contributed by atoms with van der Waals surface area (Å²) in [6, 6.07) is 6.14. The zero-order chi connectivity index (χ0) is 16.2. The van der Waals surface area contributed by atoms with Crippen molar-refractivity contribution < 1.29 is 14.7 Å². The molecule has 22 heavy (non-hydrogen) atoms. The molecule has 1 aliphatic heterocycles. The lowest BCUT2D eigenvalue weighted by Crippen LogP contribution is -2.57. The second kappa shape index (κ2) is 7.22. The Labute approximate surface area is 132 Å². The first kappa shape index (κ1) is 16.9. The molecule has 0 atom stereocenters. The molecule has 5 nitrogen and oxygen atoms in total. The zero-order valence-corrected chi connectivity index (χ0v) is 13.7. The number of benzene rings is 1. The van der Waals surface area contributed by atoms with Crippen molar-refractivity contribution in [1.29, 1.82) is 0 Å². The first-order chi connectivity index (χ1) is 10.5. The molecule has 0 aliphatic carbocycles. The maximum absolute atomic E-state index is 12.4. The van der Waals surface area contributed by atoms with E-state index >= 15 is 0 Å². The van der Waals surface area contributed by atoms with Crippen molar-refractivity contribution in [1.82, 2.24) is 10.4 Å². The van der Waals surface area contributed by atoms with E-state index in [-0.39, 0.29) is 12.5 Å². The van der Waals surface area contributed by atoms with Crippen LogP contribution < -0.4 is 5.32 Å². The highest BCUT2D eigenvalue weighted by Crippen LogP contribution is 2.22. The lowest BCUT2D eigenvalue weighted by Gasteiger charge is -2.40. The lowest BCUT2D eigenvalue weighted by molar-refractivity contribution is -0.157. The molecule has 1 fully saturated rings. The molecule has 0 radical (unpaired) electrons. The molecule has 0 unspecified atom stereocenters. The maximum atomic E-state index is 12.4. The average Bonchev–Trinajstić information content (AvgIpc) is 2.51. The Kier molecular flexibility index (Phi) is 5.56. The van der Waals surface area contributed by atoms with Crippen LogP contribution >= 0.6 is 0 Å². The van der Waals surface area contributed by atoms with Gasteiger partial charge in [-0.25, -0.2) is 0 Å². The Hall–Kier alpha value is -1.43. The average molecular weight is 306 g/mol. The van der Waals surface area contributed by atoms with Gasteiger partial charge >= 0.3 is 0 Å². The topological polar surface area (TPSA) is 61.8 Å². The lowest BCUT2D eigenvalue weighted by atomic mass is 9.88. The Morgan fingerprint density at radius 3 is 2.64 bits per heavy atom. The maximum Gasteiger partial charge on any atom is 0.224 e. The van der Waals surface area contributed by atoms with Crippen LogP contribution in [0.3, 0.4) is 0 Å². The van der Waals surface area contributed by atoms with Crippen molar-refractivity contribution in [2.24, 2.45) is 0 Å². The third-order valence-electron chi connectivity index (χ3n) is 4.50. The molecule has 122 valence electrons. The Bertz CT molecular complexity index is 523. The first-order valence-corrected chi connectivity index (χ1v) is 7.75. The molecule has 2 N–H and O–H groups in total. The van der Waals surface area contributed by atoms with Crippen LogP contribution in [0, 0.1) is 13.8 Å². The van der Waals surface area contributed by atoms with Crippen molar-refractivity contribution in [2.45, 2.75) is 38.6 Å². The van der Waals surface area contributed by atoms with Gasteiger partial charge in [-0.1, -0.05) is 23.8 Å². The van der Waals surface area contributed by atoms with Gasteiger partial charge in [-0.05, 0) is 37.8 Å². The highest BCUT2D eigenvalue weighted by molar-refractivity contribution is 5.79. The number of hydrogen-bond donors (Lipinski definition) is 2. The molecular formula is C17H26N2O3. The Morgan fingerprint density at radius 1 is 1.36 bits per heavy atom. The molecule has 1 aromatic carbocycles. The normalized spacial score (nSPS) is 18.2. The van der Waals surface area contributed by atoms with E-state index in [1.165, 1.54) is 0 Å². The predicted octanol–water partition coefficient (Wildman–Crippen LogP) is 1.35. The molecular weight excluding hydrogens is 280 g/mol. The smallest absolute Gasteiger partial charge is 0.224 e. The summed E-state index contributed by atoms with van der Waals surface area (Å²) in [6.07, 6.45) is 1.73. The van der Waals surface area contributed by atoms with E-state index < -0.39 is 5.54 Å². The minimum Gasteiger partial charge on any atom is -0.394 e. The summed E-state index contributed by atoms with van der Waals surface area (Å²) in [5, 5.41) is 14.6. The number of aliphatic hydroxyl groups excluding tert-OH is 1. The number of piperidine rings is 1. The van der Waals surface area contributed by atoms with Crippen LogP contribution in [0.4, 0.5) is 0 Å². The van der Waals surface area contributed by atoms with Crippen molar-refractivity contribution >= 4 is 5.91 Å². The number of aliphatic hydroxyl groups is 1. The SMILES string of the molecule is CON1CCC(CO)(NC(=O)Cc2cc(C)ccc2C)CC1. The second-order valence-electron chi connectivity index (χ2n) is 6.20. The molecule has 2 rings (SSSR count). The second-order valence-corrected chi connectivity index (χ2v) is 6.20. The van der Waals surface area contributed by atoms with Crippen molar-refractivity contribution in [3.05, 3.63) is 34.9 Å². The summed E-state index contributed by atoms with van der Waals surface area (Å²) >= 11 is 0. The van der Waals surface area contributed by atoms with Gasteiger partial charge in [0.15, 0.2) is 0 Å². The van der Waals surface area contributed by atoms with Gasteiger partial charge in [0.05, 0.1) is 25.7 Å². The van der Waals surface area contributed by atoms with E-state index in [1.807, 2.05) is 37.1 Å². The molecule has 1 saturated heterocycles. The largest absolute Gasteiger partial charge is 0.394 e. The van der Waals surface area contributed by atoms with Crippen molar-refractivity contribution in [3.63, 3.8) is 0 Å². The van der Waals surface area contributed by atoms with E-state index in [2.05, 4.69) is 5.32 Å². The highest BCUT2D eigenvalue weighted by atomic mass is 16.7. The van der Waals surface area contributed by atoms with Crippen LogP contribution in [0.15, 0.2) is 18.2 Å². The predicted molar refractivity (Wildman–Crippen MR) is 85.4 cm³/mol. The van der Waals surface area contributed by atoms with Crippen LogP contribution in [-0.4, -0.2) is 48.4 Å². The summed E-state index contributed by atoms with van der Waals surface area (Å²) in [7, 11) is 1.64. The van der Waals surface area contributed by atoms with Gasteiger partial charge in [-0.2, -0.15) is 5.06 Å². The molecule has 0 aromatic heterocycles. The zero-order valence-electron chi connectivity index (χ0n) is 13.7. The third-order valence-corrected chi connectivity index (χ3v) is 4.50.